The fraction of sp³-hybridized carbons (Fsp3) is 0.500. The number of amides is 1. The molecular weight excluding hydrogens is 284 g/mol. The summed E-state index contributed by atoms with van der Waals surface area (Å²) < 4.78 is 0. The van der Waals surface area contributed by atoms with Crippen molar-refractivity contribution in [2.45, 2.75) is 39.0 Å². The van der Waals surface area contributed by atoms with Crippen molar-refractivity contribution in [2.24, 2.45) is 5.16 Å². The lowest BCUT2D eigenvalue weighted by molar-refractivity contribution is -0.125. The smallest absolute Gasteiger partial charge is 0.260 e. The molecule has 0 spiro atoms. The molecule has 0 saturated carbocycles. The third-order valence-electron chi connectivity index (χ3n) is 3.43. The molecule has 0 aromatic carbocycles. The van der Waals surface area contributed by atoms with E-state index in [2.05, 4.69) is 16.5 Å². The molecule has 5 heteroatoms. The summed E-state index contributed by atoms with van der Waals surface area (Å²) in [7, 11) is 0. The number of carbonyl (C=O) groups is 1. The summed E-state index contributed by atoms with van der Waals surface area (Å²) in [6.07, 6.45) is 8.19. The summed E-state index contributed by atoms with van der Waals surface area (Å²) >= 11 is 1.60. The minimum absolute atomic E-state index is 0.0260. The highest BCUT2D eigenvalue weighted by molar-refractivity contribution is 7.12. The van der Waals surface area contributed by atoms with E-state index >= 15 is 0 Å². The minimum Gasteiger partial charge on any atom is -0.385 e. The number of oxime groups is 1. The van der Waals surface area contributed by atoms with E-state index in [9.17, 15) is 4.79 Å². The van der Waals surface area contributed by atoms with Crippen LogP contribution in [-0.2, 0) is 9.63 Å². The van der Waals surface area contributed by atoms with Crippen molar-refractivity contribution in [1.82, 2.24) is 5.32 Å². The molecule has 1 aliphatic carbocycles. The zero-order valence-corrected chi connectivity index (χ0v) is 13.2. The number of hydrogen-bond acceptors (Lipinski definition) is 4. The molecule has 2 rings (SSSR count). The summed E-state index contributed by atoms with van der Waals surface area (Å²) in [5, 5.41) is 8.81. The first-order chi connectivity index (χ1) is 10.3. The van der Waals surface area contributed by atoms with E-state index in [1.54, 1.807) is 11.3 Å². The molecule has 1 aromatic heterocycles. The fourth-order valence-electron chi connectivity index (χ4n) is 2.26. The topological polar surface area (TPSA) is 50.7 Å². The normalized spacial score (nSPS) is 15.5. The average molecular weight is 306 g/mol. The van der Waals surface area contributed by atoms with Crippen LogP contribution in [-0.4, -0.2) is 24.8 Å². The number of nitrogens with zero attached hydrogens (tertiary/aromatic N) is 1. The van der Waals surface area contributed by atoms with Crippen LogP contribution in [0.4, 0.5) is 0 Å². The maximum Gasteiger partial charge on any atom is 0.260 e. The van der Waals surface area contributed by atoms with Crippen LogP contribution in [0.25, 0.3) is 0 Å². The summed E-state index contributed by atoms with van der Waals surface area (Å²) in [4.78, 5) is 17.8. The van der Waals surface area contributed by atoms with Crippen molar-refractivity contribution in [3.8, 4) is 0 Å². The Morgan fingerprint density at radius 2 is 2.38 bits per heavy atom. The van der Waals surface area contributed by atoms with Gasteiger partial charge in [-0.15, -0.1) is 11.3 Å². The molecule has 1 aliphatic rings. The van der Waals surface area contributed by atoms with Gasteiger partial charge in [-0.05, 0) is 50.5 Å². The van der Waals surface area contributed by atoms with Crippen LogP contribution in [0.2, 0.25) is 0 Å². The van der Waals surface area contributed by atoms with E-state index in [0.29, 0.717) is 6.54 Å². The van der Waals surface area contributed by atoms with E-state index in [1.807, 2.05) is 24.4 Å². The highest BCUT2D eigenvalue weighted by Gasteiger charge is 2.05. The van der Waals surface area contributed by atoms with Crippen LogP contribution in [0.1, 0.15) is 43.9 Å². The molecule has 4 nitrogen and oxygen atoms in total. The Hall–Kier alpha value is -1.62. The van der Waals surface area contributed by atoms with Gasteiger partial charge in [0.25, 0.3) is 5.91 Å². The van der Waals surface area contributed by atoms with Gasteiger partial charge in [0, 0.05) is 6.54 Å². The van der Waals surface area contributed by atoms with Crippen molar-refractivity contribution in [3.05, 3.63) is 34.0 Å². The number of hydrogen-bond donors (Lipinski definition) is 1. The lowest BCUT2D eigenvalue weighted by atomic mass is 9.97. The third kappa shape index (κ3) is 5.71. The van der Waals surface area contributed by atoms with E-state index in [-0.39, 0.29) is 12.5 Å². The molecule has 0 fully saturated rings. The fourth-order valence-corrected chi connectivity index (χ4v) is 2.93. The Kier molecular flexibility index (Phi) is 6.47. The maximum absolute atomic E-state index is 11.6. The Bertz CT molecular complexity index is 506. The van der Waals surface area contributed by atoms with Gasteiger partial charge < -0.3 is 10.2 Å². The average Bonchev–Trinajstić information content (AvgIpc) is 3.02. The molecule has 0 saturated heterocycles. The molecule has 1 amide bonds. The molecule has 0 unspecified atom stereocenters. The van der Waals surface area contributed by atoms with Gasteiger partial charge in [-0.3, -0.25) is 4.79 Å². The van der Waals surface area contributed by atoms with Crippen LogP contribution in [0.5, 0.6) is 0 Å². The lowest BCUT2D eigenvalue weighted by Crippen LogP contribution is -2.28. The number of nitrogens with one attached hydrogen (secondary N) is 1. The van der Waals surface area contributed by atoms with Gasteiger partial charge in [0.2, 0.25) is 0 Å². The van der Waals surface area contributed by atoms with Crippen molar-refractivity contribution in [1.29, 1.82) is 0 Å². The first-order valence-electron chi connectivity index (χ1n) is 7.41. The summed E-state index contributed by atoms with van der Waals surface area (Å²) in [5.74, 6) is -0.117. The third-order valence-corrected chi connectivity index (χ3v) is 4.41. The highest BCUT2D eigenvalue weighted by Crippen LogP contribution is 2.19. The first-order valence-corrected chi connectivity index (χ1v) is 8.28. The Morgan fingerprint density at radius 1 is 1.48 bits per heavy atom. The van der Waals surface area contributed by atoms with Gasteiger partial charge in [-0.25, -0.2) is 0 Å². The predicted octanol–water partition coefficient (Wildman–Crippen LogP) is 3.50. The van der Waals surface area contributed by atoms with Crippen molar-refractivity contribution >= 4 is 23.0 Å². The summed E-state index contributed by atoms with van der Waals surface area (Å²) in [6, 6.07) is 3.94. The van der Waals surface area contributed by atoms with Gasteiger partial charge in [0.1, 0.15) is 0 Å². The van der Waals surface area contributed by atoms with Gasteiger partial charge in [-0.1, -0.05) is 22.9 Å². The van der Waals surface area contributed by atoms with Crippen LogP contribution in [0, 0.1) is 0 Å². The largest absolute Gasteiger partial charge is 0.385 e. The van der Waals surface area contributed by atoms with Gasteiger partial charge in [0.05, 0.1) is 10.6 Å². The van der Waals surface area contributed by atoms with Gasteiger partial charge in [-0.2, -0.15) is 0 Å². The summed E-state index contributed by atoms with van der Waals surface area (Å²) in [5.41, 5.74) is 2.26. The zero-order chi connectivity index (χ0) is 14.9. The van der Waals surface area contributed by atoms with Gasteiger partial charge in [0.15, 0.2) is 6.61 Å². The molecule has 0 bridgehead atoms. The quantitative estimate of drug-likeness (QED) is 0.476. The summed E-state index contributed by atoms with van der Waals surface area (Å²) in [6.45, 7) is 2.53. The number of allylic oxidation sites excluding steroid dienone is 1. The van der Waals surface area contributed by atoms with Crippen molar-refractivity contribution < 1.29 is 9.63 Å². The second-order valence-electron chi connectivity index (χ2n) is 5.14. The van der Waals surface area contributed by atoms with Crippen LogP contribution < -0.4 is 5.32 Å². The maximum atomic E-state index is 11.6. The SMILES string of the molecule is C/C(=N/OCC(=O)NCCC1=CCCCC1)c1cccs1. The molecular formula is C16H22N2O2S. The highest BCUT2D eigenvalue weighted by atomic mass is 32.1. The second kappa shape index (κ2) is 8.62. The molecule has 1 aromatic rings. The Balaban J connectivity index is 1.61. The zero-order valence-electron chi connectivity index (χ0n) is 12.4. The Morgan fingerprint density at radius 3 is 3.10 bits per heavy atom. The standard InChI is InChI=1S/C16H22N2O2S/c1-13(15-8-5-11-21-15)18-20-12-16(19)17-10-9-14-6-3-2-4-7-14/h5-6,8,11H,2-4,7,9-10,12H2,1H3,(H,17,19)/b18-13-. The van der Waals surface area contributed by atoms with E-state index in [4.69, 9.17) is 4.84 Å². The molecule has 1 N–H and O–H groups in total. The monoisotopic (exact) mass is 306 g/mol. The van der Waals surface area contributed by atoms with Crippen LogP contribution in [0.3, 0.4) is 0 Å². The molecule has 0 radical (unpaired) electrons. The molecule has 0 atom stereocenters. The molecule has 0 aliphatic heterocycles. The first kappa shape index (κ1) is 15.8. The number of thiophene rings is 1. The number of rotatable bonds is 7. The van der Waals surface area contributed by atoms with Crippen LogP contribution >= 0.6 is 11.3 Å². The van der Waals surface area contributed by atoms with Crippen LogP contribution in [0.15, 0.2) is 34.3 Å². The van der Waals surface area contributed by atoms with Crippen molar-refractivity contribution in [3.63, 3.8) is 0 Å². The minimum atomic E-state index is -0.117. The number of carbonyl (C=O) groups excluding carboxylic acids is 1. The molecule has 1 heterocycles. The van der Waals surface area contributed by atoms with Crippen molar-refractivity contribution in [2.75, 3.05) is 13.2 Å². The lowest BCUT2D eigenvalue weighted by Gasteiger charge is -2.12. The van der Waals surface area contributed by atoms with E-state index in [0.717, 1.165) is 17.0 Å². The van der Waals surface area contributed by atoms with E-state index in [1.165, 1.54) is 31.3 Å². The van der Waals surface area contributed by atoms with Gasteiger partial charge >= 0.3 is 0 Å². The predicted molar refractivity (Wildman–Crippen MR) is 86.7 cm³/mol. The molecule has 21 heavy (non-hydrogen) atoms. The molecule has 114 valence electrons. The Labute approximate surface area is 129 Å². The van der Waals surface area contributed by atoms with E-state index < -0.39 is 0 Å². The second-order valence-corrected chi connectivity index (χ2v) is 6.08.